The largest absolute Gasteiger partial charge is 0.507 e. The number of carbonyl (C=O) groups is 3. The molecule has 7 nitrogen and oxygen atoms in total. The average molecular weight is 413 g/mol. The van der Waals surface area contributed by atoms with Gasteiger partial charge in [0, 0.05) is 0 Å². The normalized spacial score (nSPS) is 16.1. The SMILES string of the molecule is CCCCCCCCCCCCCCOC(=O)C1=C(O)[C@@H](CC(=O)OC)OC1=O. The molecule has 0 aromatic heterocycles. The van der Waals surface area contributed by atoms with Crippen LogP contribution in [-0.4, -0.2) is 42.8 Å². The Morgan fingerprint density at radius 2 is 1.45 bits per heavy atom. The summed E-state index contributed by atoms with van der Waals surface area (Å²) in [6, 6.07) is 0. The van der Waals surface area contributed by atoms with Gasteiger partial charge in [0.15, 0.2) is 17.4 Å². The van der Waals surface area contributed by atoms with Crippen molar-refractivity contribution in [2.75, 3.05) is 13.7 Å². The lowest BCUT2D eigenvalue weighted by molar-refractivity contribution is -0.149. The molecule has 0 saturated heterocycles. The predicted octanol–water partition coefficient (Wildman–Crippen LogP) is 4.53. The number of rotatable bonds is 16. The first-order chi connectivity index (χ1) is 14.0. The molecule has 1 aliphatic rings. The number of aliphatic hydroxyl groups is 1. The lowest BCUT2D eigenvalue weighted by Crippen LogP contribution is -2.17. The molecular weight excluding hydrogens is 376 g/mol. The Morgan fingerprint density at radius 1 is 0.931 bits per heavy atom. The number of esters is 3. The van der Waals surface area contributed by atoms with Crippen molar-refractivity contribution in [3.63, 3.8) is 0 Å². The lowest BCUT2D eigenvalue weighted by Gasteiger charge is -2.07. The fourth-order valence-electron chi connectivity index (χ4n) is 3.25. The minimum atomic E-state index is -1.19. The van der Waals surface area contributed by atoms with Crippen LogP contribution in [0, 0.1) is 0 Å². The summed E-state index contributed by atoms with van der Waals surface area (Å²) in [7, 11) is 1.18. The third kappa shape index (κ3) is 9.81. The van der Waals surface area contributed by atoms with Gasteiger partial charge in [-0.05, 0) is 6.42 Å². The molecule has 0 bridgehead atoms. The summed E-state index contributed by atoms with van der Waals surface area (Å²) >= 11 is 0. The molecule has 0 saturated carbocycles. The second kappa shape index (κ2) is 14.9. The average Bonchev–Trinajstić information content (AvgIpc) is 2.98. The van der Waals surface area contributed by atoms with Crippen LogP contribution in [0.5, 0.6) is 0 Å². The number of aliphatic hydroxyl groups excluding tert-OH is 1. The minimum Gasteiger partial charge on any atom is -0.507 e. The van der Waals surface area contributed by atoms with Gasteiger partial charge in [0.2, 0.25) is 0 Å². The zero-order valence-electron chi connectivity index (χ0n) is 17.9. The van der Waals surface area contributed by atoms with Gasteiger partial charge in [-0.15, -0.1) is 0 Å². The van der Waals surface area contributed by atoms with Crippen LogP contribution in [0.4, 0.5) is 0 Å². The third-order valence-corrected chi connectivity index (χ3v) is 5.03. The van der Waals surface area contributed by atoms with E-state index in [1.807, 2.05) is 0 Å². The summed E-state index contributed by atoms with van der Waals surface area (Å²) in [4.78, 5) is 35.0. The van der Waals surface area contributed by atoms with Crippen LogP contribution in [0.2, 0.25) is 0 Å². The number of unbranched alkanes of at least 4 members (excludes halogenated alkanes) is 11. The molecule has 0 amide bonds. The van der Waals surface area contributed by atoms with E-state index in [1.54, 1.807) is 0 Å². The molecule has 0 spiro atoms. The molecule has 1 N–H and O–H groups in total. The predicted molar refractivity (Wildman–Crippen MR) is 108 cm³/mol. The van der Waals surface area contributed by atoms with E-state index in [-0.39, 0.29) is 13.0 Å². The molecule has 0 radical (unpaired) electrons. The fraction of sp³-hybridized carbons (Fsp3) is 0.773. The number of hydrogen-bond acceptors (Lipinski definition) is 7. The number of cyclic esters (lactones) is 1. The van der Waals surface area contributed by atoms with Gasteiger partial charge in [-0.3, -0.25) is 4.79 Å². The topological polar surface area (TPSA) is 99.1 Å². The van der Waals surface area contributed by atoms with Crippen LogP contribution in [-0.2, 0) is 28.6 Å². The summed E-state index contributed by atoms with van der Waals surface area (Å²) in [6.45, 7) is 2.41. The van der Waals surface area contributed by atoms with E-state index in [9.17, 15) is 19.5 Å². The number of hydrogen-bond donors (Lipinski definition) is 1. The van der Waals surface area contributed by atoms with Gasteiger partial charge in [0.05, 0.1) is 20.1 Å². The Bertz CT molecular complexity index is 553. The van der Waals surface area contributed by atoms with E-state index in [1.165, 1.54) is 64.9 Å². The number of ether oxygens (including phenoxy) is 3. The van der Waals surface area contributed by atoms with Gasteiger partial charge >= 0.3 is 17.9 Å². The zero-order chi connectivity index (χ0) is 21.5. The number of carbonyl (C=O) groups excluding carboxylic acids is 3. The summed E-state index contributed by atoms with van der Waals surface area (Å²) in [6.07, 6.45) is 12.9. The van der Waals surface area contributed by atoms with Crippen molar-refractivity contribution >= 4 is 17.9 Å². The molecule has 1 atom stereocenters. The minimum absolute atomic E-state index is 0.183. The smallest absolute Gasteiger partial charge is 0.349 e. The van der Waals surface area contributed by atoms with Gasteiger partial charge in [-0.2, -0.15) is 0 Å². The Hall–Kier alpha value is -2.05. The van der Waals surface area contributed by atoms with E-state index in [0.717, 1.165) is 12.8 Å². The standard InChI is InChI=1S/C22H36O7/c1-3-4-5-6-7-8-9-10-11-12-13-14-15-28-21(25)19-20(24)17(29-22(19)26)16-18(23)27-2/h17,24H,3-16H2,1-2H3/t17-/m1/s1. The molecule has 1 aliphatic heterocycles. The van der Waals surface area contributed by atoms with E-state index in [2.05, 4.69) is 11.7 Å². The van der Waals surface area contributed by atoms with Crippen molar-refractivity contribution in [1.82, 2.24) is 0 Å². The Kier molecular flexibility index (Phi) is 12.8. The molecule has 29 heavy (non-hydrogen) atoms. The highest BCUT2D eigenvalue weighted by molar-refractivity contribution is 6.16. The monoisotopic (exact) mass is 412 g/mol. The molecule has 1 rings (SSSR count). The summed E-state index contributed by atoms with van der Waals surface area (Å²) < 4.78 is 14.4. The molecular formula is C22H36O7. The first kappa shape index (κ1) is 25.0. The molecule has 0 fully saturated rings. The first-order valence-corrected chi connectivity index (χ1v) is 10.9. The van der Waals surface area contributed by atoms with Crippen LogP contribution in [0.3, 0.4) is 0 Å². The maximum atomic E-state index is 12.0. The highest BCUT2D eigenvalue weighted by Gasteiger charge is 2.40. The van der Waals surface area contributed by atoms with Crippen LogP contribution >= 0.6 is 0 Å². The summed E-state index contributed by atoms with van der Waals surface area (Å²) in [5, 5.41) is 9.96. The maximum Gasteiger partial charge on any atom is 0.349 e. The molecule has 0 aromatic carbocycles. The molecule has 0 aromatic rings. The van der Waals surface area contributed by atoms with Crippen molar-refractivity contribution in [3.05, 3.63) is 11.3 Å². The fourth-order valence-corrected chi connectivity index (χ4v) is 3.25. The molecule has 166 valence electrons. The van der Waals surface area contributed by atoms with Gasteiger partial charge in [-0.1, -0.05) is 77.6 Å². The maximum absolute atomic E-state index is 12.0. The lowest BCUT2D eigenvalue weighted by atomic mass is 10.1. The summed E-state index contributed by atoms with van der Waals surface area (Å²) in [5.41, 5.74) is -0.530. The van der Waals surface area contributed by atoms with E-state index in [0.29, 0.717) is 6.42 Å². The van der Waals surface area contributed by atoms with Crippen molar-refractivity contribution < 1.29 is 33.7 Å². The highest BCUT2D eigenvalue weighted by atomic mass is 16.6. The Balaban J connectivity index is 2.10. The van der Waals surface area contributed by atoms with Crippen LogP contribution < -0.4 is 0 Å². The zero-order valence-corrected chi connectivity index (χ0v) is 17.9. The van der Waals surface area contributed by atoms with Gasteiger partial charge in [0.1, 0.15) is 0 Å². The molecule has 0 aliphatic carbocycles. The van der Waals surface area contributed by atoms with Crippen LogP contribution in [0.1, 0.15) is 90.4 Å². The Labute approximate surface area is 173 Å². The highest BCUT2D eigenvalue weighted by Crippen LogP contribution is 2.24. The van der Waals surface area contributed by atoms with Crippen LogP contribution in [0.25, 0.3) is 0 Å². The third-order valence-electron chi connectivity index (χ3n) is 5.03. The molecule has 7 heteroatoms. The quantitative estimate of drug-likeness (QED) is 0.172. The van der Waals surface area contributed by atoms with Crippen LogP contribution in [0.15, 0.2) is 11.3 Å². The van der Waals surface area contributed by atoms with Crippen molar-refractivity contribution in [2.24, 2.45) is 0 Å². The summed E-state index contributed by atoms with van der Waals surface area (Å²) in [5.74, 6) is -3.11. The second-order valence-electron chi connectivity index (χ2n) is 7.46. The van der Waals surface area contributed by atoms with E-state index in [4.69, 9.17) is 9.47 Å². The molecule has 0 unspecified atom stereocenters. The van der Waals surface area contributed by atoms with Crippen molar-refractivity contribution in [1.29, 1.82) is 0 Å². The van der Waals surface area contributed by atoms with Gasteiger partial charge < -0.3 is 19.3 Å². The van der Waals surface area contributed by atoms with E-state index < -0.39 is 35.3 Å². The van der Waals surface area contributed by atoms with Gasteiger partial charge in [-0.25, -0.2) is 9.59 Å². The van der Waals surface area contributed by atoms with E-state index >= 15 is 0 Å². The Morgan fingerprint density at radius 3 is 1.97 bits per heavy atom. The second-order valence-corrected chi connectivity index (χ2v) is 7.46. The first-order valence-electron chi connectivity index (χ1n) is 10.9. The van der Waals surface area contributed by atoms with Crippen molar-refractivity contribution in [3.8, 4) is 0 Å². The van der Waals surface area contributed by atoms with Gasteiger partial charge in [0.25, 0.3) is 0 Å². The number of methoxy groups -OCH3 is 1. The molecule has 1 heterocycles. The van der Waals surface area contributed by atoms with Crippen molar-refractivity contribution in [2.45, 2.75) is 96.5 Å².